The Kier molecular flexibility index (Phi) is 3.26. The Labute approximate surface area is 105 Å². The van der Waals surface area contributed by atoms with Crippen LogP contribution in [-0.2, 0) is 11.3 Å². The second-order valence-electron chi connectivity index (χ2n) is 4.68. The van der Waals surface area contributed by atoms with Crippen LogP contribution in [0.3, 0.4) is 0 Å². The number of anilines is 1. The topological polar surface area (TPSA) is 50.3 Å². The van der Waals surface area contributed by atoms with E-state index in [9.17, 15) is 0 Å². The highest BCUT2D eigenvalue weighted by Crippen LogP contribution is 2.27. The molecule has 94 valence electrons. The lowest BCUT2D eigenvalue weighted by molar-refractivity contribution is -0.0411. The number of hydrogen-bond donors (Lipinski definition) is 1. The zero-order valence-corrected chi connectivity index (χ0v) is 10.9. The number of nitrogens with zero attached hydrogens (tertiary/aromatic N) is 3. The summed E-state index contributed by atoms with van der Waals surface area (Å²) < 4.78 is 5.82. The molecule has 0 amide bonds. The molecule has 5 nitrogen and oxygen atoms in total. The van der Waals surface area contributed by atoms with Crippen LogP contribution in [0, 0.1) is 0 Å². The quantitative estimate of drug-likeness (QED) is 0.878. The first-order valence-electron chi connectivity index (χ1n) is 6.27. The molecule has 0 saturated carbocycles. The summed E-state index contributed by atoms with van der Waals surface area (Å²) in [4.78, 5) is 2.45. The SMILES string of the molecule is CCNc1nnc(CN2CC3CCC(C2)O3)s1. The van der Waals surface area contributed by atoms with Crippen LogP contribution in [0.1, 0.15) is 24.8 Å². The fraction of sp³-hybridized carbons (Fsp3) is 0.818. The summed E-state index contributed by atoms with van der Waals surface area (Å²) in [5.41, 5.74) is 0. The minimum absolute atomic E-state index is 0.454. The number of ether oxygens (including phenoxy) is 1. The van der Waals surface area contributed by atoms with Crippen LogP contribution in [0.4, 0.5) is 5.13 Å². The zero-order chi connectivity index (χ0) is 11.7. The van der Waals surface area contributed by atoms with Gasteiger partial charge in [0, 0.05) is 19.6 Å². The molecule has 17 heavy (non-hydrogen) atoms. The van der Waals surface area contributed by atoms with Gasteiger partial charge in [-0.25, -0.2) is 0 Å². The van der Waals surface area contributed by atoms with Gasteiger partial charge in [0.05, 0.1) is 18.8 Å². The minimum atomic E-state index is 0.454. The van der Waals surface area contributed by atoms with Crippen molar-refractivity contribution in [3.8, 4) is 0 Å². The molecule has 6 heteroatoms. The number of rotatable bonds is 4. The average Bonchev–Trinajstić information content (AvgIpc) is 2.87. The summed E-state index contributed by atoms with van der Waals surface area (Å²) in [5.74, 6) is 0. The molecule has 2 aliphatic heterocycles. The average molecular weight is 254 g/mol. The molecule has 2 saturated heterocycles. The molecular formula is C11H18N4OS. The highest BCUT2D eigenvalue weighted by atomic mass is 32.1. The minimum Gasteiger partial charge on any atom is -0.372 e. The van der Waals surface area contributed by atoms with E-state index in [1.165, 1.54) is 12.8 Å². The van der Waals surface area contributed by atoms with Crippen LogP contribution in [0.25, 0.3) is 0 Å². The van der Waals surface area contributed by atoms with E-state index in [4.69, 9.17) is 4.74 Å². The highest BCUT2D eigenvalue weighted by molar-refractivity contribution is 7.15. The first kappa shape index (κ1) is 11.4. The third-order valence-electron chi connectivity index (χ3n) is 3.27. The van der Waals surface area contributed by atoms with Gasteiger partial charge in [0.2, 0.25) is 5.13 Å². The summed E-state index contributed by atoms with van der Waals surface area (Å²) in [6.45, 7) is 5.98. The molecule has 2 bridgehead atoms. The third kappa shape index (κ3) is 2.59. The first-order chi connectivity index (χ1) is 8.33. The van der Waals surface area contributed by atoms with Crippen LogP contribution in [0.5, 0.6) is 0 Å². The normalized spacial score (nSPS) is 28.5. The lowest BCUT2D eigenvalue weighted by atomic mass is 10.2. The van der Waals surface area contributed by atoms with Crippen LogP contribution >= 0.6 is 11.3 Å². The molecule has 0 spiro atoms. The van der Waals surface area contributed by atoms with E-state index >= 15 is 0 Å². The summed E-state index contributed by atoms with van der Waals surface area (Å²) in [7, 11) is 0. The van der Waals surface area contributed by atoms with Crippen molar-refractivity contribution >= 4 is 16.5 Å². The van der Waals surface area contributed by atoms with Crippen molar-refractivity contribution in [2.75, 3.05) is 25.0 Å². The molecule has 1 N–H and O–H groups in total. The standard InChI is InChI=1S/C11H18N4OS/c1-2-12-11-14-13-10(17-11)7-15-5-8-3-4-9(6-15)16-8/h8-9H,2-7H2,1H3,(H,12,14). The van der Waals surface area contributed by atoms with E-state index in [1.54, 1.807) is 11.3 Å². The smallest absolute Gasteiger partial charge is 0.205 e. The Hall–Kier alpha value is -0.720. The molecule has 0 radical (unpaired) electrons. The Morgan fingerprint density at radius 2 is 2.12 bits per heavy atom. The van der Waals surface area contributed by atoms with Gasteiger partial charge in [-0.3, -0.25) is 4.90 Å². The maximum Gasteiger partial charge on any atom is 0.205 e. The number of likely N-dealkylation sites (tertiary alicyclic amines) is 1. The summed E-state index contributed by atoms with van der Waals surface area (Å²) in [6.07, 6.45) is 3.35. The van der Waals surface area contributed by atoms with Gasteiger partial charge in [0.25, 0.3) is 0 Å². The van der Waals surface area contributed by atoms with Crippen molar-refractivity contribution in [2.24, 2.45) is 0 Å². The molecule has 3 heterocycles. The molecule has 2 aliphatic rings. The highest BCUT2D eigenvalue weighted by Gasteiger charge is 2.33. The predicted octanol–water partition coefficient (Wildman–Crippen LogP) is 1.33. The van der Waals surface area contributed by atoms with Crippen molar-refractivity contribution in [2.45, 2.75) is 38.5 Å². The Morgan fingerprint density at radius 1 is 1.35 bits per heavy atom. The fourth-order valence-corrected chi connectivity index (χ4v) is 3.41. The van der Waals surface area contributed by atoms with E-state index in [2.05, 4.69) is 27.3 Å². The molecule has 3 rings (SSSR count). The first-order valence-corrected chi connectivity index (χ1v) is 7.09. The van der Waals surface area contributed by atoms with Crippen LogP contribution in [0.15, 0.2) is 0 Å². The fourth-order valence-electron chi connectivity index (χ4n) is 2.56. The van der Waals surface area contributed by atoms with Gasteiger partial charge in [0.1, 0.15) is 5.01 Å². The number of fused-ring (bicyclic) bond motifs is 2. The van der Waals surface area contributed by atoms with Crippen molar-refractivity contribution in [3.05, 3.63) is 5.01 Å². The van der Waals surface area contributed by atoms with Gasteiger partial charge >= 0.3 is 0 Å². The second kappa shape index (κ2) is 4.88. The van der Waals surface area contributed by atoms with Gasteiger partial charge in [-0.15, -0.1) is 10.2 Å². The predicted molar refractivity (Wildman–Crippen MR) is 67.2 cm³/mol. The van der Waals surface area contributed by atoms with Crippen molar-refractivity contribution in [3.63, 3.8) is 0 Å². The van der Waals surface area contributed by atoms with E-state index in [-0.39, 0.29) is 0 Å². The van der Waals surface area contributed by atoms with Crippen molar-refractivity contribution in [1.29, 1.82) is 0 Å². The van der Waals surface area contributed by atoms with Gasteiger partial charge < -0.3 is 10.1 Å². The molecule has 2 atom stereocenters. The largest absolute Gasteiger partial charge is 0.372 e. The maximum absolute atomic E-state index is 5.82. The Balaban J connectivity index is 1.58. The third-order valence-corrected chi connectivity index (χ3v) is 4.14. The number of nitrogens with one attached hydrogen (secondary N) is 1. The summed E-state index contributed by atoms with van der Waals surface area (Å²) in [6, 6.07) is 0. The van der Waals surface area contributed by atoms with Gasteiger partial charge in [-0.2, -0.15) is 0 Å². The second-order valence-corrected chi connectivity index (χ2v) is 5.74. The number of morpholine rings is 1. The zero-order valence-electron chi connectivity index (χ0n) is 10.1. The summed E-state index contributed by atoms with van der Waals surface area (Å²) >= 11 is 1.66. The lowest BCUT2D eigenvalue weighted by Gasteiger charge is -2.31. The molecule has 1 aromatic heterocycles. The Bertz CT molecular complexity index is 371. The van der Waals surface area contributed by atoms with Crippen LogP contribution in [-0.4, -0.2) is 46.9 Å². The van der Waals surface area contributed by atoms with E-state index in [1.807, 2.05) is 0 Å². The number of hydrogen-bond acceptors (Lipinski definition) is 6. The van der Waals surface area contributed by atoms with Gasteiger partial charge in [-0.1, -0.05) is 11.3 Å². The van der Waals surface area contributed by atoms with Crippen molar-refractivity contribution in [1.82, 2.24) is 15.1 Å². The van der Waals surface area contributed by atoms with Crippen LogP contribution in [0.2, 0.25) is 0 Å². The monoisotopic (exact) mass is 254 g/mol. The molecule has 2 fully saturated rings. The maximum atomic E-state index is 5.82. The van der Waals surface area contributed by atoms with Crippen LogP contribution < -0.4 is 5.32 Å². The van der Waals surface area contributed by atoms with Gasteiger partial charge in [-0.05, 0) is 19.8 Å². The lowest BCUT2D eigenvalue weighted by Crippen LogP contribution is -2.41. The molecular weight excluding hydrogens is 236 g/mol. The molecule has 0 aliphatic carbocycles. The molecule has 2 unspecified atom stereocenters. The van der Waals surface area contributed by atoms with Crippen molar-refractivity contribution < 1.29 is 4.74 Å². The van der Waals surface area contributed by atoms with E-state index in [0.717, 1.165) is 36.3 Å². The summed E-state index contributed by atoms with van der Waals surface area (Å²) in [5, 5.41) is 13.6. The molecule has 1 aromatic rings. The van der Waals surface area contributed by atoms with E-state index in [0.29, 0.717) is 12.2 Å². The van der Waals surface area contributed by atoms with Gasteiger partial charge in [0.15, 0.2) is 0 Å². The number of aromatic nitrogens is 2. The Morgan fingerprint density at radius 3 is 2.82 bits per heavy atom. The van der Waals surface area contributed by atoms with E-state index < -0.39 is 0 Å². The molecule has 0 aromatic carbocycles.